The molecule has 11 nitrogen and oxygen atoms in total. The number of nitrogens with zero attached hydrogens (tertiary/aromatic N) is 1. The van der Waals surface area contributed by atoms with Gasteiger partial charge in [-0.25, -0.2) is 8.78 Å². The first-order chi connectivity index (χ1) is 21.1. The van der Waals surface area contributed by atoms with Crippen molar-refractivity contribution in [2.45, 2.75) is 58.1 Å². The van der Waals surface area contributed by atoms with Gasteiger partial charge in [-0.15, -0.1) is 0 Å². The molecule has 1 heterocycles. The van der Waals surface area contributed by atoms with Gasteiger partial charge in [0.05, 0.1) is 20.1 Å². The summed E-state index contributed by atoms with van der Waals surface area (Å²) in [5.41, 5.74) is 0.563. The predicted molar refractivity (Wildman–Crippen MR) is 155 cm³/mol. The first kappa shape index (κ1) is 35.0. The van der Waals surface area contributed by atoms with E-state index < -0.39 is 83.4 Å². The normalized spacial score (nSPS) is 15.8. The Morgan fingerprint density at radius 3 is 2.44 bits per heavy atom. The number of hydrogen-bond acceptors (Lipinski definition) is 8. The van der Waals surface area contributed by atoms with E-state index in [4.69, 9.17) is 9.47 Å². The number of Topliss-reactive ketones (excluding diaryl/α,β-unsaturated/α-hetero) is 1. The summed E-state index contributed by atoms with van der Waals surface area (Å²) in [6.07, 6.45) is -1.69. The van der Waals surface area contributed by atoms with Crippen molar-refractivity contribution in [1.29, 1.82) is 0 Å². The molecule has 0 aromatic heterocycles. The molecular weight excluding hydrogens is 599 g/mol. The Morgan fingerprint density at radius 2 is 1.78 bits per heavy atom. The van der Waals surface area contributed by atoms with Gasteiger partial charge in [0.15, 0.2) is 23.5 Å². The van der Waals surface area contributed by atoms with Gasteiger partial charge in [0, 0.05) is 30.5 Å². The van der Waals surface area contributed by atoms with Crippen molar-refractivity contribution in [2.24, 2.45) is 0 Å². The monoisotopic (exact) mass is 635 g/mol. The summed E-state index contributed by atoms with van der Waals surface area (Å²) in [6, 6.07) is 5.81. The third-order valence-electron chi connectivity index (χ3n) is 7.06. The number of amides is 3. The molecule has 0 aliphatic carbocycles. The number of halogens is 3. The number of nitrogens with one attached hydrogen (secondary N) is 2. The van der Waals surface area contributed by atoms with Gasteiger partial charge in [-0.1, -0.05) is 39.0 Å². The van der Waals surface area contributed by atoms with Crippen molar-refractivity contribution in [3.05, 3.63) is 58.9 Å². The van der Waals surface area contributed by atoms with Crippen molar-refractivity contribution in [2.75, 3.05) is 38.7 Å². The summed E-state index contributed by atoms with van der Waals surface area (Å²) in [5.74, 6) is -9.54. The minimum atomic E-state index is -1.57. The van der Waals surface area contributed by atoms with E-state index in [1.165, 1.54) is 0 Å². The number of methoxy groups -OCH3 is 1. The van der Waals surface area contributed by atoms with Gasteiger partial charge in [0.25, 0.3) is 5.91 Å². The topological polar surface area (TPSA) is 140 Å². The summed E-state index contributed by atoms with van der Waals surface area (Å²) in [4.78, 5) is 65.4. The average Bonchev–Trinajstić information content (AvgIpc) is 3.25. The zero-order valence-electron chi connectivity index (χ0n) is 25.6. The van der Waals surface area contributed by atoms with Crippen LogP contribution < -0.4 is 15.4 Å². The van der Waals surface area contributed by atoms with Crippen LogP contribution in [-0.4, -0.2) is 79.9 Å². The van der Waals surface area contributed by atoms with Crippen LogP contribution in [0.2, 0.25) is 0 Å². The minimum absolute atomic E-state index is 0.0404. The van der Waals surface area contributed by atoms with Crippen LogP contribution in [0.15, 0.2) is 30.3 Å². The Hall–Kier alpha value is -4.46. The molecule has 0 unspecified atom stereocenters. The molecule has 1 aliphatic heterocycles. The van der Waals surface area contributed by atoms with E-state index in [0.29, 0.717) is 18.2 Å². The highest BCUT2D eigenvalue weighted by molar-refractivity contribution is 6.39. The molecule has 3 amide bonds. The molecular formula is C31H36F3N3O8. The van der Waals surface area contributed by atoms with Gasteiger partial charge in [0.1, 0.15) is 18.5 Å². The Kier molecular flexibility index (Phi) is 11.7. The summed E-state index contributed by atoms with van der Waals surface area (Å²) in [5, 5.41) is 4.99. The van der Waals surface area contributed by atoms with E-state index in [2.05, 4.69) is 15.4 Å². The molecule has 1 aliphatic rings. The summed E-state index contributed by atoms with van der Waals surface area (Å²) in [6.45, 7) is 5.82. The molecule has 0 bridgehead atoms. The van der Waals surface area contributed by atoms with Gasteiger partial charge < -0.3 is 29.7 Å². The van der Waals surface area contributed by atoms with Crippen molar-refractivity contribution in [3.8, 4) is 5.75 Å². The molecule has 1 fully saturated rings. The Bertz CT molecular complexity index is 1430. The molecule has 0 radical (unpaired) electrons. The van der Waals surface area contributed by atoms with Gasteiger partial charge in [-0.2, -0.15) is 4.39 Å². The lowest BCUT2D eigenvalue weighted by molar-refractivity contribution is -0.146. The molecule has 2 aromatic carbocycles. The van der Waals surface area contributed by atoms with Crippen molar-refractivity contribution in [3.63, 3.8) is 0 Å². The molecule has 244 valence electrons. The second-order valence-corrected chi connectivity index (χ2v) is 11.4. The number of carbonyl (C=O) groups is 5. The number of rotatable bonds is 9. The Morgan fingerprint density at radius 1 is 1.09 bits per heavy atom. The highest BCUT2D eigenvalue weighted by atomic mass is 19.2. The van der Waals surface area contributed by atoms with E-state index in [1.54, 1.807) is 12.1 Å². The SMILES string of the molecule is COC(=O)C[C@H](NC(=O)[C@@H]1CN(C(=O)C(=O)Nc2ccccc2C(C)(C)C)CCCO1)C(=O)COc1c(C)c(F)cc(F)c1F. The van der Waals surface area contributed by atoms with E-state index in [-0.39, 0.29) is 25.1 Å². The molecule has 14 heteroatoms. The summed E-state index contributed by atoms with van der Waals surface area (Å²) >= 11 is 0. The second-order valence-electron chi connectivity index (χ2n) is 11.4. The molecule has 0 spiro atoms. The van der Waals surface area contributed by atoms with Gasteiger partial charge >= 0.3 is 17.8 Å². The molecule has 1 saturated heterocycles. The van der Waals surface area contributed by atoms with E-state index in [9.17, 15) is 37.1 Å². The smallest absolute Gasteiger partial charge is 0.313 e. The van der Waals surface area contributed by atoms with E-state index in [1.807, 2.05) is 32.9 Å². The van der Waals surface area contributed by atoms with Gasteiger partial charge in [-0.05, 0) is 30.4 Å². The minimum Gasteiger partial charge on any atom is -0.482 e. The lowest BCUT2D eigenvalue weighted by Crippen LogP contribution is -2.52. The van der Waals surface area contributed by atoms with E-state index in [0.717, 1.165) is 24.5 Å². The van der Waals surface area contributed by atoms with Crippen molar-refractivity contribution in [1.82, 2.24) is 10.2 Å². The zero-order valence-corrected chi connectivity index (χ0v) is 25.6. The van der Waals surface area contributed by atoms with Gasteiger partial charge in [-0.3, -0.25) is 24.0 Å². The molecule has 45 heavy (non-hydrogen) atoms. The largest absolute Gasteiger partial charge is 0.482 e. The van der Waals surface area contributed by atoms with Crippen molar-refractivity contribution >= 4 is 35.2 Å². The lowest BCUT2D eigenvalue weighted by atomic mass is 9.86. The highest BCUT2D eigenvalue weighted by Crippen LogP contribution is 2.29. The maximum atomic E-state index is 14.2. The third kappa shape index (κ3) is 9.03. The fraction of sp³-hybridized carbons (Fsp3) is 0.452. The molecule has 0 saturated carbocycles. The van der Waals surface area contributed by atoms with Crippen LogP contribution in [0.5, 0.6) is 5.75 Å². The number of esters is 1. The maximum absolute atomic E-state index is 14.2. The first-order valence-electron chi connectivity index (χ1n) is 14.1. The second kappa shape index (κ2) is 15.0. The summed E-state index contributed by atoms with van der Waals surface area (Å²) < 4.78 is 57.0. The Labute approximate surface area is 258 Å². The van der Waals surface area contributed by atoms with E-state index >= 15 is 0 Å². The Balaban J connectivity index is 1.71. The molecule has 2 aromatic rings. The maximum Gasteiger partial charge on any atom is 0.313 e. The van der Waals surface area contributed by atoms with Crippen LogP contribution in [0.25, 0.3) is 0 Å². The summed E-state index contributed by atoms with van der Waals surface area (Å²) in [7, 11) is 1.05. The number of ketones is 1. The average molecular weight is 636 g/mol. The van der Waals surface area contributed by atoms with Crippen LogP contribution in [0.3, 0.4) is 0 Å². The highest BCUT2D eigenvalue weighted by Gasteiger charge is 2.34. The van der Waals surface area contributed by atoms with Crippen LogP contribution in [0.1, 0.15) is 44.7 Å². The third-order valence-corrected chi connectivity index (χ3v) is 7.06. The quantitative estimate of drug-likeness (QED) is 0.244. The molecule has 2 atom stereocenters. The number of ether oxygens (including phenoxy) is 3. The number of carbonyl (C=O) groups excluding carboxylic acids is 5. The number of hydrogen-bond donors (Lipinski definition) is 2. The molecule has 2 N–H and O–H groups in total. The van der Waals surface area contributed by atoms with Crippen LogP contribution in [-0.2, 0) is 38.9 Å². The van der Waals surface area contributed by atoms with Gasteiger partial charge in [0.2, 0.25) is 5.82 Å². The van der Waals surface area contributed by atoms with Crippen molar-refractivity contribution < 1.29 is 51.4 Å². The standard InChI is InChI=1S/C31H36F3N3O8/c1-17-19(32)13-20(33)26(34)27(17)45-16-23(38)22(14-25(39)43-5)36-28(40)24-15-37(11-8-12-44-24)30(42)29(41)35-21-10-7-6-9-18(21)31(2,3)4/h6-7,9-10,13,22,24H,8,11-12,14-16H2,1-5H3,(H,35,41)(H,36,40)/t22-,24-/m0/s1. The zero-order chi connectivity index (χ0) is 33.5. The van der Waals surface area contributed by atoms with Crippen LogP contribution in [0.4, 0.5) is 18.9 Å². The van der Waals surface area contributed by atoms with Crippen LogP contribution in [0, 0.1) is 24.4 Å². The number of benzene rings is 2. The number of anilines is 1. The van der Waals surface area contributed by atoms with Crippen LogP contribution >= 0.6 is 0 Å². The fourth-order valence-electron chi connectivity index (χ4n) is 4.57. The predicted octanol–water partition coefficient (Wildman–Crippen LogP) is 2.96. The number of para-hydroxylation sites is 1. The first-order valence-corrected chi connectivity index (χ1v) is 14.1. The fourth-order valence-corrected chi connectivity index (χ4v) is 4.57. The molecule has 3 rings (SSSR count). The lowest BCUT2D eigenvalue weighted by Gasteiger charge is -2.26.